The van der Waals surface area contributed by atoms with Gasteiger partial charge in [0.25, 0.3) is 0 Å². The van der Waals surface area contributed by atoms with Crippen LogP contribution in [-0.4, -0.2) is 0 Å². The molecule has 3 nitrogen and oxygen atoms in total. The van der Waals surface area contributed by atoms with Crippen molar-refractivity contribution in [3.8, 4) is 0 Å². The molecule has 9 aromatic rings. The Morgan fingerprint density at radius 2 is 0.873 bits per heavy atom. The van der Waals surface area contributed by atoms with Crippen LogP contribution >= 0.6 is 0 Å². The summed E-state index contributed by atoms with van der Waals surface area (Å²) in [4.78, 5) is 7.38. The Balaban J connectivity index is 1.36. The van der Waals surface area contributed by atoms with E-state index in [0.717, 1.165) is 65.5 Å². The first kappa shape index (κ1) is 39.5. The average molecular weight is 814 g/mol. The molecule has 0 unspecified atom stereocenters. The van der Waals surface area contributed by atoms with Gasteiger partial charge in [0, 0.05) is 55.7 Å². The van der Waals surface area contributed by atoms with Crippen molar-refractivity contribution in [3.63, 3.8) is 0 Å². The van der Waals surface area contributed by atoms with Gasteiger partial charge in [0.15, 0.2) is 0 Å². The normalized spacial score (nSPS) is 13.0. The van der Waals surface area contributed by atoms with Gasteiger partial charge in [-0.15, -0.1) is 0 Å². The molecule has 0 saturated heterocycles. The fourth-order valence-electron chi connectivity index (χ4n) is 9.52. The summed E-state index contributed by atoms with van der Waals surface area (Å²) in [5.74, 6) is 0. The molecular weight excluding hydrogens is 763 g/mol. The Bertz CT molecular complexity index is 3030. The van der Waals surface area contributed by atoms with E-state index in [9.17, 15) is 0 Å². The maximum Gasteiger partial charge on any atom is 0.0561 e. The molecule has 63 heavy (non-hydrogen) atoms. The fraction of sp³-hybridized carbons (Fsp3) is 0.100. The molecule has 1 aliphatic carbocycles. The highest BCUT2D eigenvalue weighted by Gasteiger charge is 2.27. The molecule has 0 spiro atoms. The molecule has 0 aromatic heterocycles. The summed E-state index contributed by atoms with van der Waals surface area (Å²) in [6.07, 6.45) is 17.6. The first-order valence-electron chi connectivity index (χ1n) is 22.3. The molecule has 10 rings (SSSR count). The summed E-state index contributed by atoms with van der Waals surface area (Å²) in [6.45, 7) is 4.26. The highest BCUT2D eigenvalue weighted by atomic mass is 15.2. The predicted molar refractivity (Wildman–Crippen MR) is 271 cm³/mol. The quantitative estimate of drug-likeness (QED) is 0.0848. The molecule has 3 heteroatoms. The van der Waals surface area contributed by atoms with Gasteiger partial charge in [0.2, 0.25) is 0 Å². The number of hydrogen-bond acceptors (Lipinski definition) is 3. The number of nitrogens with zero attached hydrogens (tertiary/aromatic N) is 3. The maximum absolute atomic E-state index is 2.48. The van der Waals surface area contributed by atoms with Crippen molar-refractivity contribution < 1.29 is 0 Å². The van der Waals surface area contributed by atoms with Gasteiger partial charge in [-0.2, -0.15) is 0 Å². The third-order valence-electron chi connectivity index (χ3n) is 12.4. The molecule has 0 fully saturated rings. The molecule has 0 amide bonds. The number of benzene rings is 9. The zero-order valence-corrected chi connectivity index (χ0v) is 36.0. The first-order chi connectivity index (χ1) is 31.2. The minimum atomic E-state index is 0.899. The summed E-state index contributed by atoms with van der Waals surface area (Å²) in [5, 5.41) is 7.48. The number of rotatable bonds is 13. The van der Waals surface area contributed by atoms with Gasteiger partial charge in [-0.05, 0) is 135 Å². The summed E-state index contributed by atoms with van der Waals surface area (Å²) < 4.78 is 0. The third-order valence-corrected chi connectivity index (χ3v) is 12.4. The maximum atomic E-state index is 2.48. The van der Waals surface area contributed by atoms with Crippen molar-refractivity contribution in [2.75, 3.05) is 14.7 Å². The summed E-state index contributed by atoms with van der Waals surface area (Å²) in [5.41, 5.74) is 12.9. The molecule has 0 radical (unpaired) electrons. The van der Waals surface area contributed by atoms with E-state index in [-0.39, 0.29) is 0 Å². The second-order valence-corrected chi connectivity index (χ2v) is 16.2. The van der Waals surface area contributed by atoms with E-state index in [0.29, 0.717) is 0 Å². The topological polar surface area (TPSA) is 9.72 Å². The van der Waals surface area contributed by atoms with Crippen LogP contribution in [0.25, 0.3) is 32.3 Å². The third kappa shape index (κ3) is 7.57. The number of aryl methyl sites for hydroxylation is 1. The second kappa shape index (κ2) is 17.8. The van der Waals surface area contributed by atoms with Crippen LogP contribution in [0.5, 0.6) is 0 Å². The van der Waals surface area contributed by atoms with Crippen molar-refractivity contribution in [2.24, 2.45) is 0 Å². The van der Waals surface area contributed by atoms with E-state index < -0.39 is 0 Å². The number of hydrogen-bond donors (Lipinski definition) is 0. The highest BCUT2D eigenvalue weighted by molar-refractivity contribution is 6.31. The van der Waals surface area contributed by atoms with Crippen molar-refractivity contribution in [3.05, 3.63) is 241 Å². The van der Waals surface area contributed by atoms with Gasteiger partial charge in [-0.1, -0.05) is 151 Å². The van der Waals surface area contributed by atoms with E-state index in [2.05, 4.69) is 253 Å². The summed E-state index contributed by atoms with van der Waals surface area (Å²) in [6, 6.07) is 68.8. The molecule has 0 N–H and O–H groups in total. The van der Waals surface area contributed by atoms with Crippen LogP contribution in [0.2, 0.25) is 0 Å². The minimum absolute atomic E-state index is 0.899. The lowest BCUT2D eigenvalue weighted by Gasteiger charge is -2.34. The van der Waals surface area contributed by atoms with E-state index in [1.807, 2.05) is 0 Å². The molecular formula is C60H51N3. The molecule has 0 bridgehead atoms. The lowest BCUT2D eigenvalue weighted by Crippen LogP contribution is -2.18. The Hall–Kier alpha value is -7.62. The molecule has 9 aromatic carbocycles. The van der Waals surface area contributed by atoms with Crippen LogP contribution in [-0.2, 0) is 6.42 Å². The largest absolute Gasteiger partial charge is 0.310 e. The van der Waals surface area contributed by atoms with Crippen LogP contribution in [0.4, 0.5) is 45.5 Å². The Morgan fingerprint density at radius 1 is 0.460 bits per heavy atom. The van der Waals surface area contributed by atoms with Crippen molar-refractivity contribution in [1.29, 1.82) is 0 Å². The highest BCUT2D eigenvalue weighted by Crippen LogP contribution is 2.52. The van der Waals surface area contributed by atoms with Crippen molar-refractivity contribution in [1.82, 2.24) is 0 Å². The van der Waals surface area contributed by atoms with Crippen LogP contribution < -0.4 is 14.7 Å². The van der Waals surface area contributed by atoms with E-state index in [4.69, 9.17) is 0 Å². The molecule has 0 saturated carbocycles. The molecule has 0 atom stereocenters. The van der Waals surface area contributed by atoms with Crippen LogP contribution in [0.1, 0.15) is 38.7 Å². The number of anilines is 8. The van der Waals surface area contributed by atoms with E-state index in [1.165, 1.54) is 54.8 Å². The van der Waals surface area contributed by atoms with Crippen LogP contribution in [0.3, 0.4) is 0 Å². The predicted octanol–water partition coefficient (Wildman–Crippen LogP) is 17.4. The Labute approximate surface area is 371 Å². The van der Waals surface area contributed by atoms with Gasteiger partial charge in [-0.3, -0.25) is 0 Å². The number of para-hydroxylation sites is 5. The molecule has 1 aliphatic rings. The second-order valence-electron chi connectivity index (χ2n) is 16.2. The van der Waals surface area contributed by atoms with Gasteiger partial charge in [0.1, 0.15) is 0 Å². The zero-order valence-electron chi connectivity index (χ0n) is 36.0. The Morgan fingerprint density at radius 3 is 1.30 bits per heavy atom. The average Bonchev–Trinajstić information content (AvgIpc) is 3.35. The van der Waals surface area contributed by atoms with Crippen LogP contribution in [0.15, 0.2) is 236 Å². The first-order valence-corrected chi connectivity index (χ1v) is 22.3. The van der Waals surface area contributed by atoms with E-state index in [1.54, 1.807) is 0 Å². The van der Waals surface area contributed by atoms with Gasteiger partial charge in [0.05, 0.1) is 17.1 Å². The van der Waals surface area contributed by atoms with Gasteiger partial charge < -0.3 is 14.7 Å². The SMILES string of the molecule is C/C=C\C(=C/C)CCc1cc(N(c2ccccc2)c2ccccc2)c2ccc3c(N(C4=CCCC=C4)c4ccccc4)cc(N(c4ccccc4)c4ccccc4)c4ccc1c2c34. The summed E-state index contributed by atoms with van der Waals surface area (Å²) in [7, 11) is 0. The molecule has 0 heterocycles. The zero-order chi connectivity index (χ0) is 42.5. The minimum Gasteiger partial charge on any atom is -0.310 e. The molecule has 0 aliphatic heterocycles. The van der Waals surface area contributed by atoms with Gasteiger partial charge in [-0.25, -0.2) is 0 Å². The smallest absolute Gasteiger partial charge is 0.0561 e. The Kier molecular flexibility index (Phi) is 11.1. The lowest BCUT2D eigenvalue weighted by atomic mass is 9.87. The molecule has 306 valence electrons. The summed E-state index contributed by atoms with van der Waals surface area (Å²) >= 11 is 0. The van der Waals surface area contributed by atoms with Crippen LogP contribution in [0, 0.1) is 0 Å². The van der Waals surface area contributed by atoms with Crippen molar-refractivity contribution in [2.45, 2.75) is 39.5 Å². The number of allylic oxidation sites excluding steroid dienone is 7. The van der Waals surface area contributed by atoms with E-state index >= 15 is 0 Å². The fourth-order valence-corrected chi connectivity index (χ4v) is 9.52. The van der Waals surface area contributed by atoms with Crippen molar-refractivity contribution >= 4 is 77.8 Å². The lowest BCUT2D eigenvalue weighted by molar-refractivity contribution is 0.970. The standard InChI is InChI=1S/C60H51N3/c1-3-23-44(4-2)36-37-45-42-56(61(46-24-11-5-12-25-46)47-26-13-6-14-27-47)53-40-41-55-58(63(50-32-19-9-20-33-50)51-34-21-10-22-35-51)43-57(54-39-38-52(45)59(53)60(54)55)62(48-28-15-7-16-29-48)49-30-17-8-18-31-49/h3-9,11-21,23-35,38-43H,10,22,36-37H2,1-2H3/b23-3-,44-4+. The monoisotopic (exact) mass is 813 g/mol. The van der Waals surface area contributed by atoms with Gasteiger partial charge >= 0.3 is 0 Å².